The van der Waals surface area contributed by atoms with Crippen LogP contribution in [0.4, 0.5) is 0 Å². The first-order valence-corrected chi connectivity index (χ1v) is 6.74. The van der Waals surface area contributed by atoms with Crippen molar-refractivity contribution >= 4 is 5.97 Å². The number of likely N-dealkylation sites (tertiary alicyclic amines) is 1. The van der Waals surface area contributed by atoms with Crippen molar-refractivity contribution in [2.24, 2.45) is 5.92 Å². The van der Waals surface area contributed by atoms with Crippen molar-refractivity contribution < 1.29 is 15.0 Å². The first kappa shape index (κ1) is 15.4. The van der Waals surface area contributed by atoms with Gasteiger partial charge in [-0.05, 0) is 58.9 Å². The van der Waals surface area contributed by atoms with Crippen LogP contribution in [0.3, 0.4) is 0 Å². The summed E-state index contributed by atoms with van der Waals surface area (Å²) in [4.78, 5) is 14.8. The Labute approximate surface area is 109 Å². The predicted molar refractivity (Wildman–Crippen MR) is 70.6 cm³/mol. The number of nitrogens with zero attached hydrogens (tertiary/aromatic N) is 2. The molecule has 0 saturated carbocycles. The van der Waals surface area contributed by atoms with Crippen molar-refractivity contribution in [2.75, 3.05) is 40.3 Å². The molecule has 0 amide bonds. The van der Waals surface area contributed by atoms with Gasteiger partial charge in [0.1, 0.15) is 0 Å². The average Bonchev–Trinajstić information content (AvgIpc) is 2.27. The maximum atomic E-state index is 10.4. The first-order valence-electron chi connectivity index (χ1n) is 6.74. The van der Waals surface area contributed by atoms with Crippen molar-refractivity contribution in [3.8, 4) is 0 Å². The smallest absolute Gasteiger partial charge is 0.306 e. The molecule has 0 bridgehead atoms. The molecule has 0 aromatic heterocycles. The third-order valence-electron chi connectivity index (χ3n) is 3.69. The quantitative estimate of drug-likeness (QED) is 0.695. The highest BCUT2D eigenvalue weighted by Gasteiger charge is 2.18. The lowest BCUT2D eigenvalue weighted by molar-refractivity contribution is -0.139. The van der Waals surface area contributed by atoms with E-state index in [-0.39, 0.29) is 6.42 Å². The first-order chi connectivity index (χ1) is 8.47. The van der Waals surface area contributed by atoms with Gasteiger partial charge >= 0.3 is 5.97 Å². The van der Waals surface area contributed by atoms with Crippen molar-refractivity contribution in [3.05, 3.63) is 0 Å². The number of carboxylic acid groups (broad SMARTS) is 1. The third kappa shape index (κ3) is 6.33. The molecule has 0 aliphatic carbocycles. The number of hydrogen-bond donors (Lipinski definition) is 2. The maximum Gasteiger partial charge on any atom is 0.306 e. The second-order valence-electron chi connectivity index (χ2n) is 5.55. The van der Waals surface area contributed by atoms with Gasteiger partial charge in [-0.3, -0.25) is 4.79 Å². The number of rotatable bonds is 7. The molecule has 1 unspecified atom stereocenters. The van der Waals surface area contributed by atoms with E-state index in [0.717, 1.165) is 18.9 Å². The lowest BCUT2D eigenvalue weighted by Crippen LogP contribution is -2.34. The Kier molecular flexibility index (Phi) is 6.60. The topological polar surface area (TPSA) is 64.0 Å². The summed E-state index contributed by atoms with van der Waals surface area (Å²) in [5, 5.41) is 18.1. The molecule has 1 aliphatic heterocycles. The summed E-state index contributed by atoms with van der Waals surface area (Å²) >= 11 is 0. The van der Waals surface area contributed by atoms with Crippen molar-refractivity contribution in [1.82, 2.24) is 9.80 Å². The Hall–Kier alpha value is -0.650. The monoisotopic (exact) mass is 258 g/mol. The van der Waals surface area contributed by atoms with E-state index in [1.54, 1.807) is 0 Å². The molecule has 1 rings (SSSR count). The lowest BCUT2D eigenvalue weighted by Gasteiger charge is -2.30. The van der Waals surface area contributed by atoms with Gasteiger partial charge < -0.3 is 20.0 Å². The molecule has 1 heterocycles. The summed E-state index contributed by atoms with van der Waals surface area (Å²) in [5.41, 5.74) is 0. The molecular formula is C13H26N2O3. The minimum atomic E-state index is -0.939. The molecule has 1 atom stereocenters. The largest absolute Gasteiger partial charge is 0.481 e. The molecule has 1 aliphatic rings. The number of likely N-dealkylation sites (N-methyl/N-ethyl adjacent to an activating group) is 1. The highest BCUT2D eigenvalue weighted by Crippen LogP contribution is 2.19. The molecule has 1 saturated heterocycles. The van der Waals surface area contributed by atoms with Crippen LogP contribution in [0.5, 0.6) is 0 Å². The zero-order chi connectivity index (χ0) is 13.5. The maximum absolute atomic E-state index is 10.4. The zero-order valence-corrected chi connectivity index (χ0v) is 11.5. The van der Waals surface area contributed by atoms with E-state index in [1.165, 1.54) is 25.9 Å². The van der Waals surface area contributed by atoms with E-state index in [0.29, 0.717) is 6.54 Å². The molecule has 18 heavy (non-hydrogen) atoms. The average molecular weight is 258 g/mol. The second kappa shape index (κ2) is 7.71. The van der Waals surface area contributed by atoms with E-state index >= 15 is 0 Å². The van der Waals surface area contributed by atoms with Gasteiger partial charge in [0.15, 0.2) is 0 Å². The second-order valence-corrected chi connectivity index (χ2v) is 5.55. The predicted octanol–water partition coefficient (Wildman–Crippen LogP) is 0.486. The van der Waals surface area contributed by atoms with Gasteiger partial charge in [-0.1, -0.05) is 0 Å². The Bertz CT molecular complexity index is 253. The Morgan fingerprint density at radius 2 is 2.06 bits per heavy atom. The number of aliphatic hydroxyl groups excluding tert-OH is 1. The fourth-order valence-electron chi connectivity index (χ4n) is 2.47. The Balaban J connectivity index is 2.12. The van der Waals surface area contributed by atoms with Crippen molar-refractivity contribution in [1.29, 1.82) is 0 Å². The summed E-state index contributed by atoms with van der Waals surface area (Å²) in [6, 6.07) is 0. The lowest BCUT2D eigenvalue weighted by atomic mass is 9.93. The van der Waals surface area contributed by atoms with E-state index in [1.807, 2.05) is 11.9 Å². The number of piperidine rings is 1. The fraction of sp³-hybridized carbons (Fsp3) is 0.923. The summed E-state index contributed by atoms with van der Waals surface area (Å²) in [6.45, 7) is 3.73. The van der Waals surface area contributed by atoms with Gasteiger partial charge in [-0.25, -0.2) is 0 Å². The van der Waals surface area contributed by atoms with Crippen LogP contribution in [0.25, 0.3) is 0 Å². The molecule has 0 radical (unpaired) electrons. The van der Waals surface area contributed by atoms with Crippen molar-refractivity contribution in [2.45, 2.75) is 31.8 Å². The molecule has 0 aromatic rings. The van der Waals surface area contributed by atoms with Crippen LogP contribution in [0.15, 0.2) is 0 Å². The normalized spacial score (nSPS) is 20.2. The van der Waals surface area contributed by atoms with Gasteiger partial charge in [-0.15, -0.1) is 0 Å². The summed E-state index contributed by atoms with van der Waals surface area (Å²) in [6.07, 6.45) is 2.72. The van der Waals surface area contributed by atoms with E-state index < -0.39 is 12.1 Å². The van der Waals surface area contributed by atoms with Gasteiger partial charge in [0.05, 0.1) is 12.5 Å². The number of aliphatic carboxylic acids is 1. The Morgan fingerprint density at radius 3 is 2.61 bits per heavy atom. The molecule has 5 nitrogen and oxygen atoms in total. The zero-order valence-electron chi connectivity index (χ0n) is 11.5. The van der Waals surface area contributed by atoms with Crippen LogP contribution in [-0.4, -0.2) is 72.4 Å². The van der Waals surface area contributed by atoms with Gasteiger partial charge in [-0.2, -0.15) is 0 Å². The van der Waals surface area contributed by atoms with E-state index in [4.69, 9.17) is 5.11 Å². The van der Waals surface area contributed by atoms with Crippen LogP contribution in [0, 0.1) is 5.92 Å². The van der Waals surface area contributed by atoms with Gasteiger partial charge in [0.2, 0.25) is 0 Å². The van der Waals surface area contributed by atoms with Crippen LogP contribution in [0.1, 0.15) is 25.7 Å². The molecule has 0 spiro atoms. The molecule has 1 fully saturated rings. The number of carbonyl (C=O) groups is 1. The van der Waals surface area contributed by atoms with Crippen LogP contribution in [-0.2, 0) is 4.79 Å². The molecule has 2 N–H and O–H groups in total. The van der Waals surface area contributed by atoms with Crippen LogP contribution >= 0.6 is 0 Å². The molecule has 106 valence electrons. The minimum Gasteiger partial charge on any atom is -0.481 e. The highest BCUT2D eigenvalue weighted by molar-refractivity contribution is 5.67. The van der Waals surface area contributed by atoms with Crippen LogP contribution < -0.4 is 0 Å². The number of aliphatic hydroxyl groups is 1. The van der Waals surface area contributed by atoms with Gasteiger partial charge in [0.25, 0.3) is 0 Å². The standard InChI is InChI=1S/C13H26N2O3/c1-14-6-3-11(4-7-14)5-8-15(2)10-12(16)9-13(17)18/h11-12,16H,3-10H2,1-2H3,(H,17,18). The molecule has 5 heteroatoms. The summed E-state index contributed by atoms with van der Waals surface area (Å²) in [5.74, 6) is -0.161. The number of carboxylic acids is 1. The third-order valence-corrected chi connectivity index (χ3v) is 3.69. The number of hydrogen-bond acceptors (Lipinski definition) is 4. The minimum absolute atomic E-state index is 0.168. The highest BCUT2D eigenvalue weighted by atomic mass is 16.4. The van der Waals surface area contributed by atoms with E-state index in [9.17, 15) is 9.90 Å². The summed E-state index contributed by atoms with van der Waals surface area (Å²) < 4.78 is 0. The van der Waals surface area contributed by atoms with Crippen molar-refractivity contribution in [3.63, 3.8) is 0 Å². The molecule has 0 aromatic carbocycles. The Morgan fingerprint density at radius 1 is 1.44 bits per heavy atom. The van der Waals surface area contributed by atoms with Gasteiger partial charge in [0, 0.05) is 6.54 Å². The molecular weight excluding hydrogens is 232 g/mol. The van der Waals surface area contributed by atoms with E-state index in [2.05, 4.69) is 11.9 Å². The summed E-state index contributed by atoms with van der Waals surface area (Å²) in [7, 11) is 4.10. The SMILES string of the molecule is CN1CCC(CCN(C)CC(O)CC(=O)O)CC1. The van der Waals surface area contributed by atoms with Crippen LogP contribution in [0.2, 0.25) is 0 Å². The fourth-order valence-corrected chi connectivity index (χ4v) is 2.47.